The first-order chi connectivity index (χ1) is 25.8. The fraction of sp³-hybridized carbons (Fsp3) is 0.513. The van der Waals surface area contributed by atoms with Crippen molar-refractivity contribution < 1.29 is 47.4 Å². The van der Waals surface area contributed by atoms with Crippen LogP contribution >= 0.6 is 0 Å². The number of allylic oxidation sites excluding steroid dienone is 1. The molecule has 3 aliphatic heterocycles. The highest BCUT2D eigenvalue weighted by atomic mass is 19.1. The van der Waals surface area contributed by atoms with E-state index in [4.69, 9.17) is 19.0 Å². The molecule has 1 aliphatic carbocycles. The highest BCUT2D eigenvalue weighted by molar-refractivity contribution is 5.98. The monoisotopic (exact) mass is 749 g/mol. The second kappa shape index (κ2) is 15.9. The van der Waals surface area contributed by atoms with E-state index in [2.05, 4.69) is 16.1 Å². The maximum atomic E-state index is 14.4. The molecular weight excluding hydrogens is 701 g/mol. The lowest BCUT2D eigenvalue weighted by Gasteiger charge is -2.30. The van der Waals surface area contributed by atoms with Crippen LogP contribution in [0, 0.1) is 11.7 Å². The number of benzene rings is 2. The lowest BCUT2D eigenvalue weighted by molar-refractivity contribution is -0.142. The van der Waals surface area contributed by atoms with Gasteiger partial charge < -0.3 is 34.6 Å². The molecule has 15 heteroatoms. The van der Waals surface area contributed by atoms with Gasteiger partial charge in [0.2, 0.25) is 11.8 Å². The predicted octanol–water partition coefficient (Wildman–Crippen LogP) is 4.65. The number of nitrogens with zero attached hydrogens (tertiary/aromatic N) is 2. The van der Waals surface area contributed by atoms with E-state index in [0.29, 0.717) is 29.0 Å². The quantitative estimate of drug-likeness (QED) is 0.282. The minimum Gasteiger partial charge on any atom is -0.497 e. The normalized spacial score (nSPS) is 26.1. The van der Waals surface area contributed by atoms with E-state index in [0.717, 1.165) is 19.3 Å². The molecule has 1 saturated carbocycles. The summed E-state index contributed by atoms with van der Waals surface area (Å²) >= 11 is 0. The van der Waals surface area contributed by atoms with Crippen molar-refractivity contribution in [2.45, 2.75) is 108 Å². The Hall–Kier alpha value is -5.34. The number of rotatable bonds is 6. The summed E-state index contributed by atoms with van der Waals surface area (Å²) < 4.78 is 31.0. The molecule has 5 amide bonds. The standard InChI is InChI=1S/C39H48FN5O9/c1-38(2,3)53-36(49)41-31-17-9-7-5-6-8-13-25-20-39(25,35(48)43-54-27-15-11-14-26(18-27)51-4)42-33(46)32-19-28(22-45(32)34(31)47)52-37(50)44-21-24-12-10-16-30(40)29(24)23-44/h8,10-16,18,25,28,31-32H,5-7,9,17,19-23H2,1-4H3,(H,41,49)(H,42,46)(H,43,48)/b13-8-/t25-,28-,31+,32+,39-/m1/s1. The molecule has 0 unspecified atom stereocenters. The summed E-state index contributed by atoms with van der Waals surface area (Å²) in [6.45, 7) is 5.16. The molecule has 54 heavy (non-hydrogen) atoms. The smallest absolute Gasteiger partial charge is 0.410 e. The Balaban J connectivity index is 1.23. The zero-order valence-electron chi connectivity index (χ0n) is 31.0. The summed E-state index contributed by atoms with van der Waals surface area (Å²) in [7, 11) is 1.51. The molecule has 1 saturated heterocycles. The number of hydrogen-bond acceptors (Lipinski definition) is 9. The average Bonchev–Trinajstić information content (AvgIpc) is 3.42. The van der Waals surface area contributed by atoms with Crippen LogP contribution in [0.15, 0.2) is 54.6 Å². The van der Waals surface area contributed by atoms with Gasteiger partial charge in [0.25, 0.3) is 5.91 Å². The van der Waals surface area contributed by atoms with Crippen molar-refractivity contribution in [1.29, 1.82) is 0 Å². The molecule has 4 aliphatic rings. The summed E-state index contributed by atoms with van der Waals surface area (Å²) in [4.78, 5) is 77.0. The van der Waals surface area contributed by atoms with Gasteiger partial charge in [0, 0.05) is 30.5 Å². The van der Waals surface area contributed by atoms with Crippen molar-refractivity contribution in [3.63, 3.8) is 0 Å². The molecular formula is C39H48FN5O9. The molecule has 6 rings (SSSR count). The molecule has 2 aromatic rings. The van der Waals surface area contributed by atoms with Gasteiger partial charge in [0.05, 0.1) is 20.2 Å². The van der Waals surface area contributed by atoms with E-state index in [-0.39, 0.29) is 44.8 Å². The SMILES string of the molecule is COc1cccc(ONC(=O)[C@@]23C[C@H]2/C=C\CCCCC[C@H](NC(=O)OC(C)(C)C)C(=O)N2C[C@H](OC(=O)N4Cc5cccc(F)c5C4)C[C@H]2C(=O)N3)c1. The second-order valence-corrected chi connectivity index (χ2v) is 15.2. The maximum absolute atomic E-state index is 14.4. The van der Waals surface area contributed by atoms with Gasteiger partial charge in [-0.15, -0.1) is 0 Å². The van der Waals surface area contributed by atoms with Gasteiger partial charge in [-0.2, -0.15) is 5.48 Å². The van der Waals surface area contributed by atoms with E-state index in [1.807, 2.05) is 12.2 Å². The number of carbonyl (C=O) groups excluding carboxylic acids is 5. The minimum atomic E-state index is -1.38. The van der Waals surface area contributed by atoms with Gasteiger partial charge in [-0.3, -0.25) is 19.3 Å². The molecule has 14 nitrogen and oxygen atoms in total. The summed E-state index contributed by atoms with van der Waals surface area (Å²) in [6, 6.07) is 9.12. The summed E-state index contributed by atoms with van der Waals surface area (Å²) in [5.74, 6) is -1.68. The molecule has 5 atom stereocenters. The zero-order valence-corrected chi connectivity index (χ0v) is 31.0. The van der Waals surface area contributed by atoms with Gasteiger partial charge in [-0.25, -0.2) is 14.0 Å². The van der Waals surface area contributed by atoms with Gasteiger partial charge in [0.1, 0.15) is 40.9 Å². The van der Waals surface area contributed by atoms with Crippen molar-refractivity contribution in [2.24, 2.45) is 5.92 Å². The van der Waals surface area contributed by atoms with E-state index >= 15 is 0 Å². The summed E-state index contributed by atoms with van der Waals surface area (Å²) in [6.07, 6.45) is 4.87. The van der Waals surface area contributed by atoms with Crippen LogP contribution in [0.2, 0.25) is 0 Å². The van der Waals surface area contributed by atoms with E-state index < -0.39 is 65.1 Å². The number of nitrogens with one attached hydrogen (secondary N) is 3. The van der Waals surface area contributed by atoms with Crippen LogP contribution < -0.4 is 25.7 Å². The van der Waals surface area contributed by atoms with Crippen molar-refractivity contribution in [1.82, 2.24) is 25.9 Å². The summed E-state index contributed by atoms with van der Waals surface area (Å²) in [5, 5.41) is 5.62. The first-order valence-electron chi connectivity index (χ1n) is 18.4. The van der Waals surface area contributed by atoms with Gasteiger partial charge in [-0.1, -0.05) is 43.2 Å². The van der Waals surface area contributed by atoms with Gasteiger partial charge >= 0.3 is 12.2 Å². The first kappa shape index (κ1) is 38.4. The Kier molecular flexibility index (Phi) is 11.3. The fourth-order valence-corrected chi connectivity index (χ4v) is 7.20. The molecule has 0 radical (unpaired) electrons. The van der Waals surface area contributed by atoms with Crippen molar-refractivity contribution in [3.8, 4) is 11.5 Å². The molecule has 2 fully saturated rings. The number of fused-ring (bicyclic) bond motifs is 3. The van der Waals surface area contributed by atoms with Crippen molar-refractivity contribution >= 4 is 29.9 Å². The molecule has 290 valence electrons. The summed E-state index contributed by atoms with van der Waals surface area (Å²) in [5.41, 5.74) is 1.35. The van der Waals surface area contributed by atoms with Crippen LogP contribution in [0.25, 0.3) is 0 Å². The van der Waals surface area contributed by atoms with Crippen molar-refractivity contribution in [2.75, 3.05) is 13.7 Å². The molecule has 3 heterocycles. The first-order valence-corrected chi connectivity index (χ1v) is 18.4. The van der Waals surface area contributed by atoms with Crippen LogP contribution in [-0.2, 0) is 36.9 Å². The number of hydroxylamine groups is 1. The Morgan fingerprint density at radius 1 is 1.02 bits per heavy atom. The number of halogens is 1. The molecule has 3 N–H and O–H groups in total. The second-order valence-electron chi connectivity index (χ2n) is 15.2. The zero-order chi connectivity index (χ0) is 38.6. The Morgan fingerprint density at radius 2 is 1.80 bits per heavy atom. The van der Waals surface area contributed by atoms with Crippen LogP contribution in [0.1, 0.15) is 76.8 Å². The third-order valence-electron chi connectivity index (χ3n) is 10.1. The van der Waals surface area contributed by atoms with Crippen LogP contribution in [0.5, 0.6) is 11.5 Å². The Morgan fingerprint density at radius 3 is 2.56 bits per heavy atom. The van der Waals surface area contributed by atoms with E-state index in [1.165, 1.54) is 23.0 Å². The highest BCUT2D eigenvalue weighted by Gasteiger charge is 2.61. The largest absolute Gasteiger partial charge is 0.497 e. The van der Waals surface area contributed by atoms with Gasteiger partial charge in [0.15, 0.2) is 5.75 Å². The lowest BCUT2D eigenvalue weighted by atomic mass is 10.0. The fourth-order valence-electron chi connectivity index (χ4n) is 7.20. The van der Waals surface area contributed by atoms with Crippen LogP contribution in [0.4, 0.5) is 14.0 Å². The molecule has 2 aromatic carbocycles. The van der Waals surface area contributed by atoms with Crippen molar-refractivity contribution in [3.05, 3.63) is 71.6 Å². The Bertz CT molecular complexity index is 1800. The number of methoxy groups -OCH3 is 1. The topological polar surface area (TPSA) is 165 Å². The third kappa shape index (κ3) is 8.88. The number of carbonyl (C=O) groups is 5. The molecule has 0 aromatic heterocycles. The maximum Gasteiger partial charge on any atom is 0.410 e. The minimum absolute atomic E-state index is 0.0202. The van der Waals surface area contributed by atoms with Crippen LogP contribution in [0.3, 0.4) is 0 Å². The van der Waals surface area contributed by atoms with Crippen LogP contribution in [-0.4, -0.2) is 82.7 Å². The van der Waals surface area contributed by atoms with Gasteiger partial charge in [-0.05, 0) is 70.2 Å². The third-order valence-corrected chi connectivity index (χ3v) is 10.1. The number of ether oxygens (including phenoxy) is 3. The lowest BCUT2D eigenvalue weighted by Crippen LogP contribution is -2.58. The predicted molar refractivity (Wildman–Crippen MR) is 192 cm³/mol. The van der Waals surface area contributed by atoms with E-state index in [1.54, 1.807) is 57.2 Å². The van der Waals surface area contributed by atoms with E-state index in [9.17, 15) is 28.4 Å². The average molecular weight is 750 g/mol. The number of alkyl carbamates (subject to hydrolysis) is 1. The number of amides is 5. The Labute approximate surface area is 313 Å². The number of hydrogen-bond donors (Lipinski definition) is 3. The molecule has 0 bridgehead atoms. The highest BCUT2D eigenvalue weighted by Crippen LogP contribution is 2.45. The molecule has 0 spiro atoms.